The van der Waals surface area contributed by atoms with E-state index in [1.54, 1.807) is 7.11 Å². The minimum Gasteiger partial charge on any atom is -0.497 e. The van der Waals surface area contributed by atoms with Gasteiger partial charge in [0.25, 0.3) is 0 Å². The molecule has 106 valence electrons. The Labute approximate surface area is 116 Å². The highest BCUT2D eigenvalue weighted by Crippen LogP contribution is 2.27. The van der Waals surface area contributed by atoms with Crippen LogP contribution in [0.15, 0.2) is 24.3 Å². The van der Waals surface area contributed by atoms with Crippen LogP contribution >= 0.6 is 0 Å². The van der Waals surface area contributed by atoms with Crippen LogP contribution in [0.5, 0.6) is 5.75 Å². The summed E-state index contributed by atoms with van der Waals surface area (Å²) in [5, 5.41) is 0. The van der Waals surface area contributed by atoms with E-state index in [0.717, 1.165) is 38.2 Å². The average molecular weight is 262 g/mol. The predicted octanol–water partition coefficient (Wildman–Crippen LogP) is 2.30. The molecular weight excluding hydrogens is 236 g/mol. The van der Waals surface area contributed by atoms with Crippen LogP contribution in [-0.2, 0) is 6.42 Å². The first kappa shape index (κ1) is 14.4. The number of methoxy groups -OCH3 is 1. The van der Waals surface area contributed by atoms with Gasteiger partial charge in [0.15, 0.2) is 0 Å². The van der Waals surface area contributed by atoms with Crippen molar-refractivity contribution in [3.8, 4) is 5.75 Å². The number of nitrogens with two attached hydrogens (primary N) is 1. The third kappa shape index (κ3) is 3.71. The number of piperidine rings is 1. The van der Waals surface area contributed by atoms with Crippen LogP contribution in [0.3, 0.4) is 0 Å². The zero-order valence-electron chi connectivity index (χ0n) is 12.4. The molecular formula is C16H26N2O. The van der Waals surface area contributed by atoms with Crippen molar-refractivity contribution in [3.05, 3.63) is 29.8 Å². The van der Waals surface area contributed by atoms with E-state index in [2.05, 4.69) is 30.9 Å². The van der Waals surface area contributed by atoms with Gasteiger partial charge in [-0.25, -0.2) is 0 Å². The van der Waals surface area contributed by atoms with E-state index in [9.17, 15) is 0 Å². The molecule has 0 spiro atoms. The Kier molecular flexibility index (Phi) is 4.48. The lowest BCUT2D eigenvalue weighted by Crippen LogP contribution is -2.52. The van der Waals surface area contributed by atoms with Crippen molar-refractivity contribution >= 4 is 0 Å². The second-order valence-electron chi connectivity index (χ2n) is 6.26. The van der Waals surface area contributed by atoms with Gasteiger partial charge in [-0.3, -0.25) is 0 Å². The third-order valence-electron chi connectivity index (χ3n) is 4.27. The van der Waals surface area contributed by atoms with Crippen LogP contribution in [0, 0.1) is 5.41 Å². The first-order valence-electron chi connectivity index (χ1n) is 7.12. The maximum Gasteiger partial charge on any atom is 0.118 e. The molecule has 1 heterocycles. The summed E-state index contributed by atoms with van der Waals surface area (Å²) in [4.78, 5) is 2.54. The minimum atomic E-state index is 0.234. The molecule has 0 aromatic heterocycles. The van der Waals surface area contributed by atoms with Gasteiger partial charge in [-0.1, -0.05) is 26.0 Å². The van der Waals surface area contributed by atoms with Crippen molar-refractivity contribution in [2.45, 2.75) is 32.7 Å². The van der Waals surface area contributed by atoms with Crippen LogP contribution in [0.2, 0.25) is 0 Å². The van der Waals surface area contributed by atoms with Crippen molar-refractivity contribution in [1.82, 2.24) is 4.90 Å². The molecule has 0 aliphatic carbocycles. The van der Waals surface area contributed by atoms with Gasteiger partial charge < -0.3 is 15.4 Å². The summed E-state index contributed by atoms with van der Waals surface area (Å²) in [5.41, 5.74) is 7.78. The van der Waals surface area contributed by atoms with Gasteiger partial charge in [-0.05, 0) is 42.5 Å². The van der Waals surface area contributed by atoms with Crippen molar-refractivity contribution in [2.75, 3.05) is 26.7 Å². The molecule has 3 heteroatoms. The maximum atomic E-state index is 6.17. The Morgan fingerprint density at radius 3 is 2.58 bits per heavy atom. The van der Waals surface area contributed by atoms with E-state index in [1.165, 1.54) is 5.56 Å². The molecule has 1 atom stereocenters. The molecule has 1 aliphatic heterocycles. The fraction of sp³-hybridized carbons (Fsp3) is 0.625. The Morgan fingerprint density at radius 1 is 1.32 bits per heavy atom. The summed E-state index contributed by atoms with van der Waals surface area (Å²) in [5.74, 6) is 0.925. The molecule has 1 saturated heterocycles. The van der Waals surface area contributed by atoms with Crippen LogP contribution in [0.25, 0.3) is 0 Å². The van der Waals surface area contributed by atoms with Gasteiger partial charge in [0.2, 0.25) is 0 Å². The number of hydrogen-bond acceptors (Lipinski definition) is 3. The van der Waals surface area contributed by atoms with Gasteiger partial charge >= 0.3 is 0 Å². The molecule has 1 fully saturated rings. The molecule has 1 unspecified atom stereocenters. The standard InChI is InChI=1S/C16H26N2O/c1-16(2)12-18(11-9-15(16)17)10-8-13-4-6-14(19-3)7-5-13/h4-7,15H,8-12,17H2,1-3H3. The normalized spacial score (nSPS) is 23.3. The average Bonchev–Trinajstić information content (AvgIpc) is 2.40. The summed E-state index contributed by atoms with van der Waals surface area (Å²) in [6.45, 7) is 7.89. The van der Waals surface area contributed by atoms with Crippen molar-refractivity contribution in [1.29, 1.82) is 0 Å². The molecule has 19 heavy (non-hydrogen) atoms. The lowest BCUT2D eigenvalue weighted by atomic mass is 9.79. The quantitative estimate of drug-likeness (QED) is 0.905. The topological polar surface area (TPSA) is 38.5 Å². The number of nitrogens with zero attached hydrogens (tertiary/aromatic N) is 1. The van der Waals surface area contributed by atoms with Gasteiger partial charge in [0.05, 0.1) is 7.11 Å². The summed E-state index contributed by atoms with van der Waals surface area (Å²) >= 11 is 0. The van der Waals surface area contributed by atoms with E-state index < -0.39 is 0 Å². The van der Waals surface area contributed by atoms with Crippen molar-refractivity contribution in [3.63, 3.8) is 0 Å². The van der Waals surface area contributed by atoms with E-state index >= 15 is 0 Å². The molecule has 0 amide bonds. The smallest absolute Gasteiger partial charge is 0.118 e. The van der Waals surface area contributed by atoms with Crippen LogP contribution in [0.4, 0.5) is 0 Å². The number of rotatable bonds is 4. The second kappa shape index (κ2) is 5.93. The van der Waals surface area contributed by atoms with E-state index in [4.69, 9.17) is 10.5 Å². The molecule has 0 saturated carbocycles. The zero-order chi connectivity index (χ0) is 13.9. The Morgan fingerprint density at radius 2 is 2.00 bits per heavy atom. The third-order valence-corrected chi connectivity index (χ3v) is 4.27. The molecule has 3 nitrogen and oxygen atoms in total. The highest BCUT2D eigenvalue weighted by molar-refractivity contribution is 5.27. The summed E-state index contributed by atoms with van der Waals surface area (Å²) in [7, 11) is 1.70. The fourth-order valence-corrected chi connectivity index (χ4v) is 2.76. The molecule has 2 N–H and O–H groups in total. The molecule has 1 aliphatic rings. The molecule has 1 aromatic carbocycles. The zero-order valence-corrected chi connectivity index (χ0v) is 12.4. The lowest BCUT2D eigenvalue weighted by molar-refractivity contribution is 0.0965. The SMILES string of the molecule is COc1ccc(CCN2CCC(N)C(C)(C)C2)cc1. The van der Waals surface area contributed by atoms with Gasteiger partial charge in [-0.2, -0.15) is 0 Å². The van der Waals surface area contributed by atoms with E-state index in [-0.39, 0.29) is 5.41 Å². The van der Waals surface area contributed by atoms with E-state index in [1.807, 2.05) is 12.1 Å². The Bertz CT molecular complexity index is 400. The van der Waals surface area contributed by atoms with Crippen molar-refractivity contribution in [2.24, 2.45) is 11.1 Å². The van der Waals surface area contributed by atoms with Crippen LogP contribution in [0.1, 0.15) is 25.8 Å². The van der Waals surface area contributed by atoms with Crippen molar-refractivity contribution < 1.29 is 4.74 Å². The first-order chi connectivity index (χ1) is 9.01. The molecule has 0 radical (unpaired) electrons. The number of hydrogen-bond donors (Lipinski definition) is 1. The minimum absolute atomic E-state index is 0.234. The number of ether oxygens (including phenoxy) is 1. The summed E-state index contributed by atoms with van der Waals surface area (Å²) in [6.07, 6.45) is 2.20. The number of benzene rings is 1. The molecule has 0 bridgehead atoms. The number of likely N-dealkylation sites (tertiary alicyclic amines) is 1. The van der Waals surface area contributed by atoms with E-state index in [0.29, 0.717) is 6.04 Å². The maximum absolute atomic E-state index is 6.17. The molecule has 1 aromatic rings. The summed E-state index contributed by atoms with van der Waals surface area (Å²) < 4.78 is 5.18. The Hall–Kier alpha value is -1.06. The monoisotopic (exact) mass is 262 g/mol. The second-order valence-corrected chi connectivity index (χ2v) is 6.26. The van der Waals surface area contributed by atoms with Gasteiger partial charge in [-0.15, -0.1) is 0 Å². The van der Waals surface area contributed by atoms with Crippen LogP contribution in [-0.4, -0.2) is 37.7 Å². The largest absolute Gasteiger partial charge is 0.497 e. The Balaban J connectivity index is 1.85. The van der Waals surface area contributed by atoms with Gasteiger partial charge in [0.1, 0.15) is 5.75 Å². The fourth-order valence-electron chi connectivity index (χ4n) is 2.76. The van der Waals surface area contributed by atoms with Crippen LogP contribution < -0.4 is 10.5 Å². The van der Waals surface area contributed by atoms with Gasteiger partial charge in [0, 0.05) is 19.1 Å². The molecule has 2 rings (SSSR count). The predicted molar refractivity (Wildman–Crippen MR) is 79.5 cm³/mol. The summed E-state index contributed by atoms with van der Waals surface area (Å²) in [6, 6.07) is 8.71. The highest BCUT2D eigenvalue weighted by Gasteiger charge is 2.32. The highest BCUT2D eigenvalue weighted by atomic mass is 16.5. The lowest BCUT2D eigenvalue weighted by Gasteiger charge is -2.42. The first-order valence-corrected chi connectivity index (χ1v) is 7.12.